The van der Waals surface area contributed by atoms with Gasteiger partial charge in [-0.3, -0.25) is 0 Å². The van der Waals surface area contributed by atoms with E-state index in [1.807, 2.05) is 6.07 Å². The molecule has 1 N–H and O–H groups in total. The third-order valence-electron chi connectivity index (χ3n) is 3.17. The average molecular weight is 351 g/mol. The molecule has 0 unspecified atom stereocenters. The van der Waals surface area contributed by atoms with E-state index in [4.69, 9.17) is 5.11 Å². The van der Waals surface area contributed by atoms with E-state index in [0.29, 0.717) is 5.56 Å². The zero-order valence-corrected chi connectivity index (χ0v) is 13.7. The number of aromatic carboxylic acids is 1. The lowest BCUT2D eigenvalue weighted by Gasteiger charge is -2.07. The van der Waals surface area contributed by atoms with Crippen LogP contribution in [-0.4, -0.2) is 11.1 Å². The first-order valence-electron chi connectivity index (χ1n) is 6.19. The van der Waals surface area contributed by atoms with Crippen LogP contribution in [0.2, 0.25) is 0 Å². The van der Waals surface area contributed by atoms with Gasteiger partial charge in [0.15, 0.2) is 0 Å². The molecule has 2 rings (SSSR count). The Kier molecular flexibility index (Phi) is 4.89. The second-order valence-corrected chi connectivity index (χ2v) is 6.55. The summed E-state index contributed by atoms with van der Waals surface area (Å²) >= 11 is 5.19. The number of thioether (sulfide) groups is 1. The fourth-order valence-electron chi connectivity index (χ4n) is 1.76. The first-order chi connectivity index (χ1) is 9.47. The van der Waals surface area contributed by atoms with Crippen molar-refractivity contribution in [2.24, 2.45) is 0 Å². The molecule has 0 aromatic heterocycles. The smallest absolute Gasteiger partial charge is 0.335 e. The van der Waals surface area contributed by atoms with Gasteiger partial charge in [-0.1, -0.05) is 28.1 Å². The molecule has 0 bridgehead atoms. The van der Waals surface area contributed by atoms with Gasteiger partial charge in [-0.05, 0) is 54.8 Å². The van der Waals surface area contributed by atoms with E-state index >= 15 is 0 Å². The maximum atomic E-state index is 10.9. The molecule has 0 spiro atoms. The van der Waals surface area contributed by atoms with Gasteiger partial charge in [0.25, 0.3) is 0 Å². The Morgan fingerprint density at radius 3 is 2.50 bits per heavy atom. The van der Waals surface area contributed by atoms with Crippen molar-refractivity contribution in [2.75, 3.05) is 0 Å². The van der Waals surface area contributed by atoms with Crippen molar-refractivity contribution in [1.82, 2.24) is 0 Å². The molecule has 0 atom stereocenters. The van der Waals surface area contributed by atoms with Crippen LogP contribution in [0.15, 0.2) is 45.8 Å². The molecule has 0 saturated carbocycles. The number of rotatable bonds is 4. The maximum Gasteiger partial charge on any atom is 0.335 e. The third kappa shape index (κ3) is 3.64. The highest BCUT2D eigenvalue weighted by Gasteiger charge is 2.07. The highest BCUT2D eigenvalue weighted by atomic mass is 79.9. The van der Waals surface area contributed by atoms with Crippen molar-refractivity contribution >= 4 is 33.7 Å². The molecule has 2 aromatic rings. The Labute approximate surface area is 131 Å². The van der Waals surface area contributed by atoms with Gasteiger partial charge in [-0.15, -0.1) is 11.8 Å². The molecule has 20 heavy (non-hydrogen) atoms. The molecule has 0 radical (unpaired) electrons. The minimum Gasteiger partial charge on any atom is -0.478 e. The summed E-state index contributed by atoms with van der Waals surface area (Å²) in [5, 5.41) is 8.94. The highest BCUT2D eigenvalue weighted by Crippen LogP contribution is 2.28. The summed E-state index contributed by atoms with van der Waals surface area (Å²) in [5.41, 5.74) is 3.98. The predicted molar refractivity (Wildman–Crippen MR) is 86.6 cm³/mol. The standard InChI is InChI=1S/C16H15BrO2S/c1-10-3-6-14(7-11(10)2)20-9-13-5-4-12(16(18)19)8-15(13)17/h3-8H,9H2,1-2H3,(H,18,19). The number of hydrogen-bond acceptors (Lipinski definition) is 2. The lowest BCUT2D eigenvalue weighted by molar-refractivity contribution is 0.0697. The van der Waals surface area contributed by atoms with Gasteiger partial charge in [-0.2, -0.15) is 0 Å². The minimum absolute atomic E-state index is 0.303. The number of benzene rings is 2. The van der Waals surface area contributed by atoms with Gasteiger partial charge in [0.05, 0.1) is 5.56 Å². The van der Waals surface area contributed by atoms with E-state index in [0.717, 1.165) is 15.8 Å². The highest BCUT2D eigenvalue weighted by molar-refractivity contribution is 9.10. The summed E-state index contributed by atoms with van der Waals surface area (Å²) in [4.78, 5) is 12.1. The fourth-order valence-corrected chi connectivity index (χ4v) is 3.47. The molecular formula is C16H15BrO2S. The molecular weight excluding hydrogens is 336 g/mol. The van der Waals surface area contributed by atoms with E-state index in [1.165, 1.54) is 16.0 Å². The van der Waals surface area contributed by atoms with E-state index in [-0.39, 0.29) is 0 Å². The SMILES string of the molecule is Cc1ccc(SCc2ccc(C(=O)O)cc2Br)cc1C. The number of carboxylic acid groups (broad SMARTS) is 1. The third-order valence-corrected chi connectivity index (χ3v) is 4.95. The van der Waals surface area contributed by atoms with E-state index in [9.17, 15) is 4.79 Å². The summed E-state index contributed by atoms with van der Waals surface area (Å²) in [7, 11) is 0. The molecule has 0 aliphatic carbocycles. The minimum atomic E-state index is -0.904. The molecule has 4 heteroatoms. The summed E-state index contributed by atoms with van der Waals surface area (Å²) < 4.78 is 0.841. The lowest BCUT2D eigenvalue weighted by Crippen LogP contribution is -1.96. The van der Waals surface area contributed by atoms with Crippen molar-refractivity contribution in [1.29, 1.82) is 0 Å². The molecule has 2 aromatic carbocycles. The zero-order valence-electron chi connectivity index (χ0n) is 11.3. The van der Waals surface area contributed by atoms with E-state index < -0.39 is 5.97 Å². The van der Waals surface area contributed by atoms with Crippen LogP contribution in [0.1, 0.15) is 27.0 Å². The maximum absolute atomic E-state index is 10.9. The number of hydrogen-bond donors (Lipinski definition) is 1. The number of halogens is 1. The average Bonchev–Trinajstić information content (AvgIpc) is 2.41. The zero-order chi connectivity index (χ0) is 14.7. The van der Waals surface area contributed by atoms with Crippen molar-refractivity contribution in [3.63, 3.8) is 0 Å². The summed E-state index contributed by atoms with van der Waals surface area (Å²) in [6.45, 7) is 4.21. The summed E-state index contributed by atoms with van der Waals surface area (Å²) in [6, 6.07) is 11.6. The Morgan fingerprint density at radius 1 is 1.15 bits per heavy atom. The molecule has 2 nitrogen and oxygen atoms in total. The first kappa shape index (κ1) is 15.1. The second kappa shape index (κ2) is 6.46. The number of carboxylic acids is 1. The monoisotopic (exact) mass is 350 g/mol. The van der Waals surface area contributed by atoms with Crippen LogP contribution < -0.4 is 0 Å². The lowest BCUT2D eigenvalue weighted by atomic mass is 10.1. The van der Waals surface area contributed by atoms with Crippen LogP contribution in [0.3, 0.4) is 0 Å². The Morgan fingerprint density at radius 2 is 1.90 bits per heavy atom. The Hall–Kier alpha value is -1.26. The van der Waals surface area contributed by atoms with Crippen molar-refractivity contribution in [3.05, 3.63) is 63.1 Å². The van der Waals surface area contributed by atoms with Crippen LogP contribution in [-0.2, 0) is 5.75 Å². The Balaban J connectivity index is 2.10. The molecule has 0 saturated heterocycles. The van der Waals surface area contributed by atoms with E-state index in [1.54, 1.807) is 23.9 Å². The van der Waals surface area contributed by atoms with Gasteiger partial charge < -0.3 is 5.11 Å². The summed E-state index contributed by atoms with van der Waals surface area (Å²) in [5.74, 6) is -0.0951. The molecule has 0 amide bonds. The molecule has 0 fully saturated rings. The molecule has 0 heterocycles. The van der Waals surface area contributed by atoms with E-state index in [2.05, 4.69) is 48.0 Å². The topological polar surface area (TPSA) is 37.3 Å². The number of aryl methyl sites for hydroxylation is 2. The van der Waals surface area contributed by atoms with Gasteiger partial charge in [0.1, 0.15) is 0 Å². The van der Waals surface area contributed by atoms with Gasteiger partial charge in [0, 0.05) is 15.1 Å². The largest absolute Gasteiger partial charge is 0.478 e. The fraction of sp³-hybridized carbons (Fsp3) is 0.188. The van der Waals surface area contributed by atoms with Gasteiger partial charge in [-0.25, -0.2) is 4.79 Å². The van der Waals surface area contributed by atoms with Crippen LogP contribution >= 0.6 is 27.7 Å². The number of carbonyl (C=O) groups is 1. The van der Waals surface area contributed by atoms with Gasteiger partial charge in [0.2, 0.25) is 0 Å². The normalized spacial score (nSPS) is 10.6. The Bertz CT molecular complexity index is 653. The van der Waals surface area contributed by atoms with Crippen LogP contribution in [0.4, 0.5) is 0 Å². The molecule has 0 aliphatic heterocycles. The molecule has 104 valence electrons. The molecule has 0 aliphatic rings. The van der Waals surface area contributed by atoms with Gasteiger partial charge >= 0.3 is 5.97 Å². The van der Waals surface area contributed by atoms with Crippen molar-refractivity contribution in [2.45, 2.75) is 24.5 Å². The second-order valence-electron chi connectivity index (χ2n) is 4.65. The van der Waals surface area contributed by atoms with Crippen LogP contribution in [0.25, 0.3) is 0 Å². The summed E-state index contributed by atoms with van der Waals surface area (Å²) in [6.07, 6.45) is 0. The quantitative estimate of drug-likeness (QED) is 0.783. The predicted octanol–water partition coefficient (Wildman–Crippen LogP) is 5.06. The van der Waals surface area contributed by atoms with Crippen molar-refractivity contribution < 1.29 is 9.90 Å². The first-order valence-corrected chi connectivity index (χ1v) is 7.97. The van der Waals surface area contributed by atoms with Crippen LogP contribution in [0.5, 0.6) is 0 Å². The van der Waals surface area contributed by atoms with Crippen molar-refractivity contribution in [3.8, 4) is 0 Å². The van der Waals surface area contributed by atoms with Crippen LogP contribution in [0, 0.1) is 13.8 Å².